The molecule has 0 radical (unpaired) electrons. The van der Waals surface area contributed by atoms with E-state index in [2.05, 4.69) is 19.2 Å². The molecule has 0 aromatic heterocycles. The predicted octanol–water partition coefficient (Wildman–Crippen LogP) is -0.269. The number of carbonyl (C=O) groups excluding carboxylic acids is 2. The van der Waals surface area contributed by atoms with Gasteiger partial charge in [0.1, 0.15) is 6.23 Å². The highest BCUT2D eigenvalue weighted by Gasteiger charge is 2.47. The number of nitrogens with one attached hydrogen (secondary N) is 1. The van der Waals surface area contributed by atoms with Crippen LogP contribution < -0.4 is 5.32 Å². The molecule has 2 heterocycles. The lowest BCUT2D eigenvalue weighted by Gasteiger charge is -2.36. The van der Waals surface area contributed by atoms with E-state index in [-0.39, 0.29) is 24.8 Å². The SMILES string of the molecule is COC(=O)[C@@H]1CO[C@H]2CN[C@@H](CC(C)C)C(=O)N21. The lowest BCUT2D eigenvalue weighted by molar-refractivity contribution is -0.155. The zero-order chi connectivity index (χ0) is 13.3. The smallest absolute Gasteiger partial charge is 0.331 e. The summed E-state index contributed by atoms with van der Waals surface area (Å²) in [4.78, 5) is 25.5. The van der Waals surface area contributed by atoms with Gasteiger partial charge in [0.15, 0.2) is 6.04 Å². The van der Waals surface area contributed by atoms with Crippen molar-refractivity contribution in [3.05, 3.63) is 0 Å². The maximum absolute atomic E-state index is 12.3. The predicted molar refractivity (Wildman–Crippen MR) is 63.6 cm³/mol. The molecular formula is C12H20N2O4. The molecule has 0 spiro atoms. The van der Waals surface area contributed by atoms with E-state index in [4.69, 9.17) is 9.47 Å². The van der Waals surface area contributed by atoms with Crippen LogP contribution in [0.3, 0.4) is 0 Å². The Kier molecular flexibility index (Phi) is 3.87. The third kappa shape index (κ3) is 2.35. The van der Waals surface area contributed by atoms with E-state index in [1.165, 1.54) is 12.0 Å². The Balaban J connectivity index is 2.10. The van der Waals surface area contributed by atoms with Gasteiger partial charge in [0, 0.05) is 6.54 Å². The Morgan fingerprint density at radius 2 is 2.33 bits per heavy atom. The fourth-order valence-electron chi connectivity index (χ4n) is 2.50. The van der Waals surface area contributed by atoms with Crippen LogP contribution in [0.5, 0.6) is 0 Å². The molecule has 0 aliphatic carbocycles. The molecule has 6 nitrogen and oxygen atoms in total. The van der Waals surface area contributed by atoms with Gasteiger partial charge in [0.2, 0.25) is 5.91 Å². The summed E-state index contributed by atoms with van der Waals surface area (Å²) in [5.74, 6) is -0.0491. The number of esters is 1. The van der Waals surface area contributed by atoms with Crippen molar-refractivity contribution < 1.29 is 19.1 Å². The van der Waals surface area contributed by atoms with Gasteiger partial charge in [-0.15, -0.1) is 0 Å². The number of rotatable bonds is 3. The van der Waals surface area contributed by atoms with E-state index in [9.17, 15) is 9.59 Å². The first-order valence-electron chi connectivity index (χ1n) is 6.29. The van der Waals surface area contributed by atoms with Crippen LogP contribution in [0.25, 0.3) is 0 Å². The Bertz CT molecular complexity index is 345. The summed E-state index contributed by atoms with van der Waals surface area (Å²) >= 11 is 0. The summed E-state index contributed by atoms with van der Waals surface area (Å²) in [5, 5.41) is 3.18. The summed E-state index contributed by atoms with van der Waals surface area (Å²) in [6.45, 7) is 4.93. The summed E-state index contributed by atoms with van der Waals surface area (Å²) in [6, 6.07) is -0.820. The van der Waals surface area contributed by atoms with E-state index < -0.39 is 12.0 Å². The molecule has 1 amide bonds. The first-order valence-corrected chi connectivity index (χ1v) is 6.29. The van der Waals surface area contributed by atoms with Gasteiger partial charge >= 0.3 is 5.97 Å². The van der Waals surface area contributed by atoms with Gasteiger partial charge in [-0.05, 0) is 12.3 Å². The lowest BCUT2D eigenvalue weighted by atomic mass is 10.0. The topological polar surface area (TPSA) is 67.9 Å². The first-order chi connectivity index (χ1) is 8.54. The number of piperazine rings is 1. The summed E-state index contributed by atoms with van der Waals surface area (Å²) < 4.78 is 10.2. The minimum absolute atomic E-state index is 0.0622. The average Bonchev–Trinajstić information content (AvgIpc) is 2.76. The molecule has 3 atom stereocenters. The minimum Gasteiger partial charge on any atom is -0.467 e. The van der Waals surface area contributed by atoms with Gasteiger partial charge in [-0.3, -0.25) is 9.69 Å². The second kappa shape index (κ2) is 5.24. The number of amides is 1. The van der Waals surface area contributed by atoms with Gasteiger partial charge in [-0.2, -0.15) is 0 Å². The van der Waals surface area contributed by atoms with Crippen molar-refractivity contribution in [2.24, 2.45) is 5.92 Å². The largest absolute Gasteiger partial charge is 0.467 e. The Morgan fingerprint density at radius 1 is 1.61 bits per heavy atom. The highest BCUT2D eigenvalue weighted by atomic mass is 16.5. The third-order valence-electron chi connectivity index (χ3n) is 3.36. The zero-order valence-corrected chi connectivity index (χ0v) is 11.0. The molecule has 18 heavy (non-hydrogen) atoms. The molecular weight excluding hydrogens is 236 g/mol. The van der Waals surface area contributed by atoms with E-state index in [1.54, 1.807) is 0 Å². The molecule has 0 aromatic rings. The molecule has 0 bridgehead atoms. The average molecular weight is 256 g/mol. The van der Waals surface area contributed by atoms with Crippen molar-refractivity contribution in [2.45, 2.75) is 38.6 Å². The molecule has 1 N–H and O–H groups in total. The van der Waals surface area contributed by atoms with Crippen LogP contribution in [-0.2, 0) is 19.1 Å². The van der Waals surface area contributed by atoms with E-state index in [0.717, 1.165) is 6.42 Å². The van der Waals surface area contributed by atoms with Crippen LogP contribution in [0.1, 0.15) is 20.3 Å². The van der Waals surface area contributed by atoms with E-state index in [0.29, 0.717) is 12.5 Å². The molecule has 2 aliphatic heterocycles. The van der Waals surface area contributed by atoms with Crippen LogP contribution in [0.2, 0.25) is 0 Å². The molecule has 2 fully saturated rings. The number of nitrogens with zero attached hydrogens (tertiary/aromatic N) is 1. The summed E-state index contributed by atoms with van der Waals surface area (Å²) in [7, 11) is 1.33. The van der Waals surface area contributed by atoms with Gasteiger partial charge in [-0.25, -0.2) is 4.79 Å². The Hall–Kier alpha value is -1.14. The van der Waals surface area contributed by atoms with Crippen LogP contribution in [0, 0.1) is 5.92 Å². The van der Waals surface area contributed by atoms with Crippen LogP contribution in [-0.4, -0.2) is 55.3 Å². The Labute approximate surface area is 107 Å². The Morgan fingerprint density at radius 3 is 2.94 bits per heavy atom. The van der Waals surface area contributed by atoms with Gasteiger partial charge in [0.25, 0.3) is 0 Å². The summed E-state index contributed by atoms with van der Waals surface area (Å²) in [6.07, 6.45) is 0.417. The number of fused-ring (bicyclic) bond motifs is 1. The molecule has 2 saturated heterocycles. The second-order valence-electron chi connectivity index (χ2n) is 5.16. The van der Waals surface area contributed by atoms with Crippen molar-refractivity contribution in [3.63, 3.8) is 0 Å². The standard InChI is InChI=1S/C12H20N2O4/c1-7(2)4-8-11(15)14-9(12(16)17-3)6-18-10(14)5-13-8/h7-10,13H,4-6H2,1-3H3/t8-,9-,10-/m0/s1. The van der Waals surface area contributed by atoms with Crippen molar-refractivity contribution >= 4 is 11.9 Å². The van der Waals surface area contributed by atoms with Crippen LogP contribution in [0.4, 0.5) is 0 Å². The quantitative estimate of drug-likeness (QED) is 0.704. The van der Waals surface area contributed by atoms with Crippen molar-refractivity contribution in [1.29, 1.82) is 0 Å². The summed E-state index contributed by atoms with van der Waals surface area (Å²) in [5.41, 5.74) is 0. The molecule has 0 aromatic carbocycles. The molecule has 0 unspecified atom stereocenters. The highest BCUT2D eigenvalue weighted by Crippen LogP contribution is 2.24. The zero-order valence-electron chi connectivity index (χ0n) is 11.0. The van der Waals surface area contributed by atoms with Gasteiger partial charge in [-0.1, -0.05) is 13.8 Å². The molecule has 6 heteroatoms. The molecule has 2 rings (SSSR count). The van der Waals surface area contributed by atoms with Gasteiger partial charge < -0.3 is 14.8 Å². The van der Waals surface area contributed by atoms with Crippen LogP contribution >= 0.6 is 0 Å². The minimum atomic E-state index is -0.593. The highest BCUT2D eigenvalue weighted by molar-refractivity contribution is 5.89. The number of carbonyl (C=O) groups is 2. The molecule has 0 saturated carbocycles. The third-order valence-corrected chi connectivity index (χ3v) is 3.36. The van der Waals surface area contributed by atoms with E-state index >= 15 is 0 Å². The fourth-order valence-corrected chi connectivity index (χ4v) is 2.50. The number of methoxy groups -OCH3 is 1. The van der Waals surface area contributed by atoms with Crippen molar-refractivity contribution in [3.8, 4) is 0 Å². The molecule has 102 valence electrons. The molecule has 2 aliphatic rings. The van der Waals surface area contributed by atoms with E-state index in [1.807, 2.05) is 0 Å². The fraction of sp³-hybridized carbons (Fsp3) is 0.833. The number of hydrogen-bond acceptors (Lipinski definition) is 5. The maximum Gasteiger partial charge on any atom is 0.331 e. The van der Waals surface area contributed by atoms with Crippen LogP contribution in [0.15, 0.2) is 0 Å². The monoisotopic (exact) mass is 256 g/mol. The second-order valence-corrected chi connectivity index (χ2v) is 5.16. The number of ether oxygens (including phenoxy) is 2. The normalized spacial score (nSPS) is 31.7. The van der Waals surface area contributed by atoms with Crippen molar-refractivity contribution in [2.75, 3.05) is 20.3 Å². The lowest BCUT2D eigenvalue weighted by Crippen LogP contribution is -2.61. The first kappa shape index (κ1) is 13.3. The maximum atomic E-state index is 12.3. The van der Waals surface area contributed by atoms with Gasteiger partial charge in [0.05, 0.1) is 19.8 Å². The number of hydrogen-bond donors (Lipinski definition) is 1. The van der Waals surface area contributed by atoms with Crippen molar-refractivity contribution in [1.82, 2.24) is 10.2 Å².